The lowest BCUT2D eigenvalue weighted by Gasteiger charge is -2.33. The summed E-state index contributed by atoms with van der Waals surface area (Å²) in [4.78, 5) is 42.1. The van der Waals surface area contributed by atoms with Gasteiger partial charge in [0.05, 0.1) is 11.5 Å². The lowest BCUT2D eigenvalue weighted by atomic mass is 9.76. The van der Waals surface area contributed by atoms with Crippen LogP contribution in [0.15, 0.2) is 54.3 Å². The summed E-state index contributed by atoms with van der Waals surface area (Å²) in [6, 6.07) is 8.36. The van der Waals surface area contributed by atoms with Crippen LogP contribution in [-0.2, 0) is 25.7 Å². The van der Waals surface area contributed by atoms with Crippen molar-refractivity contribution in [2.75, 3.05) is 26.2 Å². The third-order valence-corrected chi connectivity index (χ3v) is 6.23. The molecule has 2 aliphatic rings. The van der Waals surface area contributed by atoms with Crippen LogP contribution in [0.3, 0.4) is 0 Å². The van der Waals surface area contributed by atoms with Crippen LogP contribution in [0.5, 0.6) is 0 Å². The number of nitrogens with zero attached hydrogens (tertiary/aromatic N) is 2. The van der Waals surface area contributed by atoms with Crippen molar-refractivity contribution in [3.05, 3.63) is 59.9 Å². The second kappa shape index (κ2) is 11.6. The maximum absolute atomic E-state index is 13.3. The van der Waals surface area contributed by atoms with E-state index >= 15 is 0 Å². The Balaban J connectivity index is 1.64. The van der Waals surface area contributed by atoms with Crippen molar-refractivity contribution >= 4 is 18.0 Å². The molecule has 0 spiro atoms. The van der Waals surface area contributed by atoms with Gasteiger partial charge in [0.25, 0.3) is 0 Å². The fourth-order valence-corrected chi connectivity index (χ4v) is 4.28. The molecule has 2 amide bonds. The third-order valence-electron chi connectivity index (χ3n) is 6.23. The van der Waals surface area contributed by atoms with Crippen molar-refractivity contribution in [3.63, 3.8) is 0 Å². The number of esters is 1. The molecule has 0 aromatic heterocycles. The third kappa shape index (κ3) is 7.34. The van der Waals surface area contributed by atoms with Gasteiger partial charge in [-0.3, -0.25) is 9.59 Å². The Morgan fingerprint density at radius 2 is 1.75 bits per heavy atom. The Hall–Kier alpha value is -3.33. The summed E-state index contributed by atoms with van der Waals surface area (Å²) in [7, 11) is 0. The first-order valence-electron chi connectivity index (χ1n) is 12.3. The highest BCUT2D eigenvalue weighted by atomic mass is 16.6. The molecule has 1 unspecified atom stereocenters. The molecule has 1 aromatic carbocycles. The molecule has 3 N–H and O–H groups in total. The summed E-state index contributed by atoms with van der Waals surface area (Å²) in [5, 5.41) is 9.82. The molecular weight excluding hydrogens is 462 g/mol. The molecule has 2 atom stereocenters. The van der Waals surface area contributed by atoms with Gasteiger partial charge < -0.3 is 30.1 Å². The van der Waals surface area contributed by atoms with Crippen molar-refractivity contribution in [1.29, 1.82) is 0 Å². The van der Waals surface area contributed by atoms with E-state index in [9.17, 15) is 19.5 Å². The van der Waals surface area contributed by atoms with E-state index < -0.39 is 29.1 Å². The Morgan fingerprint density at radius 1 is 1.08 bits per heavy atom. The highest BCUT2D eigenvalue weighted by Crippen LogP contribution is 2.36. The number of hydrogen-bond acceptors (Lipinski definition) is 7. The van der Waals surface area contributed by atoms with Gasteiger partial charge in [0, 0.05) is 26.2 Å². The van der Waals surface area contributed by atoms with Crippen LogP contribution in [-0.4, -0.2) is 70.7 Å². The quantitative estimate of drug-likeness (QED) is 0.576. The molecule has 1 aromatic rings. The van der Waals surface area contributed by atoms with Gasteiger partial charge in [-0.05, 0) is 57.7 Å². The Labute approximate surface area is 212 Å². The molecule has 9 nitrogen and oxygen atoms in total. The number of carbonyl (C=O) groups excluding carboxylic acids is 3. The smallest absolute Gasteiger partial charge is 0.410 e. The zero-order valence-electron chi connectivity index (χ0n) is 21.3. The van der Waals surface area contributed by atoms with Gasteiger partial charge in [-0.25, -0.2) is 4.79 Å². The van der Waals surface area contributed by atoms with E-state index in [1.165, 1.54) is 12.2 Å². The largest absolute Gasteiger partial charge is 0.508 e. The summed E-state index contributed by atoms with van der Waals surface area (Å²) < 4.78 is 11.0. The number of carbonyl (C=O) groups is 3. The zero-order valence-corrected chi connectivity index (χ0v) is 21.3. The van der Waals surface area contributed by atoms with Gasteiger partial charge in [0.2, 0.25) is 5.91 Å². The van der Waals surface area contributed by atoms with Crippen molar-refractivity contribution in [3.8, 4) is 0 Å². The molecule has 0 bridgehead atoms. The Bertz CT molecular complexity index is 1000. The first-order chi connectivity index (χ1) is 17.0. The predicted octanol–water partition coefficient (Wildman–Crippen LogP) is 3.30. The van der Waals surface area contributed by atoms with E-state index in [-0.39, 0.29) is 31.1 Å². The van der Waals surface area contributed by atoms with E-state index in [1.807, 2.05) is 51.1 Å². The number of aliphatic hydroxyl groups excluding tert-OH is 1. The molecule has 0 radical (unpaired) electrons. The topological polar surface area (TPSA) is 122 Å². The van der Waals surface area contributed by atoms with E-state index in [0.717, 1.165) is 5.56 Å². The predicted molar refractivity (Wildman–Crippen MR) is 135 cm³/mol. The minimum absolute atomic E-state index is 0.0337. The summed E-state index contributed by atoms with van der Waals surface area (Å²) >= 11 is 0. The lowest BCUT2D eigenvalue weighted by molar-refractivity contribution is -0.155. The number of nitrogens with two attached hydrogens (primary N) is 1. The number of allylic oxidation sites excluding steroid dienone is 2. The van der Waals surface area contributed by atoms with E-state index in [4.69, 9.17) is 15.2 Å². The van der Waals surface area contributed by atoms with Crippen LogP contribution in [0, 0.1) is 5.41 Å². The molecule has 1 aliphatic carbocycles. The average Bonchev–Trinajstić information content (AvgIpc) is 3.09. The normalized spacial score (nSPS) is 21.3. The van der Waals surface area contributed by atoms with Crippen molar-refractivity contribution in [2.45, 2.75) is 58.3 Å². The van der Waals surface area contributed by atoms with Gasteiger partial charge in [-0.2, -0.15) is 0 Å². The summed E-state index contributed by atoms with van der Waals surface area (Å²) in [6.45, 7) is 7.14. The first kappa shape index (κ1) is 27.3. The van der Waals surface area contributed by atoms with E-state index in [2.05, 4.69) is 0 Å². The van der Waals surface area contributed by atoms with Gasteiger partial charge in [-0.1, -0.05) is 36.4 Å². The van der Waals surface area contributed by atoms with Crippen LogP contribution < -0.4 is 5.73 Å². The van der Waals surface area contributed by atoms with Crippen LogP contribution in [0.1, 0.15) is 45.6 Å². The van der Waals surface area contributed by atoms with Crippen molar-refractivity contribution in [2.24, 2.45) is 11.1 Å². The van der Waals surface area contributed by atoms with Crippen molar-refractivity contribution < 1.29 is 29.0 Å². The first-order valence-corrected chi connectivity index (χ1v) is 12.3. The molecule has 9 heteroatoms. The zero-order chi connectivity index (χ0) is 26.3. The number of aliphatic hydroxyl groups is 1. The highest BCUT2D eigenvalue weighted by molar-refractivity contribution is 5.85. The molecular formula is C27H37N3O6. The Kier molecular flexibility index (Phi) is 8.79. The lowest BCUT2D eigenvalue weighted by Crippen LogP contribution is -2.49. The number of rotatable bonds is 6. The molecule has 1 aliphatic heterocycles. The number of benzene rings is 1. The fourth-order valence-electron chi connectivity index (χ4n) is 4.28. The molecule has 0 saturated carbocycles. The molecule has 1 saturated heterocycles. The number of hydrogen-bond donors (Lipinski definition) is 2. The van der Waals surface area contributed by atoms with Gasteiger partial charge in [0.15, 0.2) is 0 Å². The highest BCUT2D eigenvalue weighted by Gasteiger charge is 2.42. The van der Waals surface area contributed by atoms with Gasteiger partial charge in [-0.15, -0.1) is 0 Å². The fraction of sp³-hybridized carbons (Fsp3) is 0.519. The monoisotopic (exact) mass is 499 g/mol. The maximum Gasteiger partial charge on any atom is 0.410 e. The second-order valence-electron chi connectivity index (χ2n) is 10.3. The minimum Gasteiger partial charge on any atom is -0.508 e. The van der Waals surface area contributed by atoms with Gasteiger partial charge >= 0.3 is 12.1 Å². The minimum atomic E-state index is -1.16. The van der Waals surface area contributed by atoms with Crippen molar-refractivity contribution in [1.82, 2.24) is 9.80 Å². The molecule has 196 valence electrons. The van der Waals surface area contributed by atoms with E-state index in [0.29, 0.717) is 32.6 Å². The Morgan fingerprint density at radius 3 is 2.39 bits per heavy atom. The van der Waals surface area contributed by atoms with Gasteiger partial charge in [0.1, 0.15) is 18.0 Å². The maximum atomic E-state index is 13.3. The number of ether oxygens (including phenoxy) is 2. The molecule has 1 fully saturated rings. The SMILES string of the molecule is CC(C)(C)OC(=O)N1CCCN(C(=O)[C@@H](N)CC2(C(=O)OCc3ccccc3)C=CC(O)=CC2)CC1. The van der Waals surface area contributed by atoms with Crippen LogP contribution in [0.25, 0.3) is 0 Å². The standard InChI is InChI=1S/C27H37N3O6/c1-26(2,3)36-25(34)30-15-7-14-29(16-17-30)23(32)22(28)18-27(12-10-21(31)11-13-27)24(33)35-19-20-8-5-4-6-9-20/h4-6,8-12,22,31H,7,13-19,28H2,1-3H3/t22-,27?/m0/s1. The van der Waals surface area contributed by atoms with Crippen LogP contribution in [0.4, 0.5) is 4.79 Å². The number of amides is 2. The molecule has 36 heavy (non-hydrogen) atoms. The van der Waals surface area contributed by atoms with Crippen LogP contribution in [0.2, 0.25) is 0 Å². The van der Waals surface area contributed by atoms with E-state index in [1.54, 1.807) is 15.9 Å². The average molecular weight is 500 g/mol. The molecule has 3 rings (SSSR count). The molecule has 1 heterocycles. The van der Waals surface area contributed by atoms with Crippen LogP contribution >= 0.6 is 0 Å². The summed E-state index contributed by atoms with van der Waals surface area (Å²) in [5.74, 6) is -0.735. The second-order valence-corrected chi connectivity index (χ2v) is 10.3. The summed E-state index contributed by atoms with van der Waals surface area (Å²) in [6.07, 6.45) is 4.96. The summed E-state index contributed by atoms with van der Waals surface area (Å²) in [5.41, 5.74) is 5.44.